The lowest BCUT2D eigenvalue weighted by atomic mass is 10.1. The number of aryl methyl sites for hydroxylation is 1. The fraction of sp³-hybridized carbons (Fsp3) is 0.300. The van der Waals surface area contributed by atoms with Gasteiger partial charge in [0, 0.05) is 0 Å². The SMILES string of the molecule is COc1ccc(C=CCCCCc2ccc(OC)cc2)cc1. The fourth-order valence-corrected chi connectivity index (χ4v) is 2.32. The van der Waals surface area contributed by atoms with E-state index in [2.05, 4.69) is 36.4 Å². The van der Waals surface area contributed by atoms with Gasteiger partial charge in [0.25, 0.3) is 0 Å². The highest BCUT2D eigenvalue weighted by molar-refractivity contribution is 5.50. The van der Waals surface area contributed by atoms with Gasteiger partial charge < -0.3 is 9.47 Å². The Morgan fingerprint density at radius 1 is 0.773 bits per heavy atom. The van der Waals surface area contributed by atoms with E-state index in [1.165, 1.54) is 24.0 Å². The molecule has 0 aromatic heterocycles. The normalized spacial score (nSPS) is 10.8. The zero-order chi connectivity index (χ0) is 15.6. The van der Waals surface area contributed by atoms with Crippen LogP contribution in [0.1, 0.15) is 30.4 Å². The standard InChI is InChI=1S/C20H24O2/c1-21-19-13-9-17(10-14-19)7-5-3-4-6-8-18-11-15-20(22-2)16-12-18/h5,7,9-16H,3-4,6,8H2,1-2H3. The molecule has 2 rings (SSSR count). The van der Waals surface area contributed by atoms with Gasteiger partial charge in [0.2, 0.25) is 0 Å². The van der Waals surface area contributed by atoms with E-state index in [9.17, 15) is 0 Å². The summed E-state index contributed by atoms with van der Waals surface area (Å²) in [6.45, 7) is 0. The summed E-state index contributed by atoms with van der Waals surface area (Å²) in [5.74, 6) is 1.82. The van der Waals surface area contributed by atoms with Gasteiger partial charge in [-0.1, -0.05) is 36.4 Å². The number of benzene rings is 2. The molecule has 0 radical (unpaired) electrons. The summed E-state index contributed by atoms with van der Waals surface area (Å²) in [6.07, 6.45) is 9.07. The van der Waals surface area contributed by atoms with Crippen LogP contribution in [0.5, 0.6) is 11.5 Å². The molecule has 22 heavy (non-hydrogen) atoms. The van der Waals surface area contributed by atoms with Crippen LogP contribution < -0.4 is 9.47 Å². The van der Waals surface area contributed by atoms with Crippen molar-refractivity contribution in [3.8, 4) is 11.5 Å². The molecule has 2 aromatic rings. The molecule has 0 aliphatic rings. The lowest BCUT2D eigenvalue weighted by Gasteiger charge is -2.03. The Morgan fingerprint density at radius 3 is 1.95 bits per heavy atom. The van der Waals surface area contributed by atoms with E-state index in [-0.39, 0.29) is 0 Å². The third-order valence-corrected chi connectivity index (χ3v) is 3.67. The van der Waals surface area contributed by atoms with Gasteiger partial charge in [0.05, 0.1) is 14.2 Å². The maximum absolute atomic E-state index is 5.17. The van der Waals surface area contributed by atoms with Crippen molar-refractivity contribution in [2.75, 3.05) is 14.2 Å². The molecule has 0 spiro atoms. The number of allylic oxidation sites excluding steroid dienone is 1. The lowest BCUT2D eigenvalue weighted by molar-refractivity contribution is 0.414. The van der Waals surface area contributed by atoms with E-state index in [1.54, 1.807) is 14.2 Å². The van der Waals surface area contributed by atoms with Crippen LogP contribution in [0.3, 0.4) is 0 Å². The van der Waals surface area contributed by atoms with Crippen molar-refractivity contribution >= 4 is 6.08 Å². The van der Waals surface area contributed by atoms with E-state index >= 15 is 0 Å². The van der Waals surface area contributed by atoms with Crippen molar-refractivity contribution in [3.63, 3.8) is 0 Å². The van der Waals surface area contributed by atoms with Gasteiger partial charge in [-0.25, -0.2) is 0 Å². The zero-order valence-electron chi connectivity index (χ0n) is 13.4. The van der Waals surface area contributed by atoms with Crippen LogP contribution in [0, 0.1) is 0 Å². The Hall–Kier alpha value is -2.22. The minimum absolute atomic E-state index is 0.900. The van der Waals surface area contributed by atoms with Crippen LogP contribution >= 0.6 is 0 Å². The average molecular weight is 296 g/mol. The molecule has 2 nitrogen and oxygen atoms in total. The largest absolute Gasteiger partial charge is 0.497 e. The molecule has 0 fully saturated rings. The third kappa shape index (κ3) is 5.28. The highest BCUT2D eigenvalue weighted by atomic mass is 16.5. The second-order valence-corrected chi connectivity index (χ2v) is 5.27. The smallest absolute Gasteiger partial charge is 0.118 e. The highest BCUT2D eigenvalue weighted by Crippen LogP contribution is 2.15. The summed E-state index contributed by atoms with van der Waals surface area (Å²) in [4.78, 5) is 0. The minimum atomic E-state index is 0.900. The first kappa shape index (κ1) is 16.2. The number of hydrogen-bond acceptors (Lipinski definition) is 2. The quantitative estimate of drug-likeness (QED) is 0.629. The van der Waals surface area contributed by atoms with Gasteiger partial charge in [-0.2, -0.15) is 0 Å². The number of methoxy groups -OCH3 is 2. The van der Waals surface area contributed by atoms with Crippen molar-refractivity contribution in [2.24, 2.45) is 0 Å². The van der Waals surface area contributed by atoms with Crippen molar-refractivity contribution in [1.29, 1.82) is 0 Å². The van der Waals surface area contributed by atoms with Crippen molar-refractivity contribution in [1.82, 2.24) is 0 Å². The van der Waals surface area contributed by atoms with Gasteiger partial charge in [-0.3, -0.25) is 0 Å². The van der Waals surface area contributed by atoms with E-state index in [0.29, 0.717) is 0 Å². The fourth-order valence-electron chi connectivity index (χ4n) is 2.32. The summed E-state index contributed by atoms with van der Waals surface area (Å²) < 4.78 is 10.3. The summed E-state index contributed by atoms with van der Waals surface area (Å²) in [5, 5.41) is 0. The van der Waals surface area contributed by atoms with Crippen LogP contribution in [0.4, 0.5) is 0 Å². The van der Waals surface area contributed by atoms with Crippen LogP contribution in [0.15, 0.2) is 54.6 Å². The van der Waals surface area contributed by atoms with Gasteiger partial charge in [0.15, 0.2) is 0 Å². The van der Waals surface area contributed by atoms with E-state index in [4.69, 9.17) is 9.47 Å². The summed E-state index contributed by atoms with van der Waals surface area (Å²) in [7, 11) is 3.39. The zero-order valence-corrected chi connectivity index (χ0v) is 13.4. The summed E-state index contributed by atoms with van der Waals surface area (Å²) in [5.41, 5.74) is 2.59. The lowest BCUT2D eigenvalue weighted by Crippen LogP contribution is -1.87. The summed E-state index contributed by atoms with van der Waals surface area (Å²) >= 11 is 0. The molecule has 116 valence electrons. The molecule has 0 saturated carbocycles. The van der Waals surface area contributed by atoms with Crippen LogP contribution in [0.25, 0.3) is 6.08 Å². The highest BCUT2D eigenvalue weighted by Gasteiger charge is 1.95. The Balaban J connectivity index is 1.66. The predicted octanol–water partition coefficient (Wildman–Crippen LogP) is 5.13. The molecule has 0 amide bonds. The van der Waals surface area contributed by atoms with Gasteiger partial charge >= 0.3 is 0 Å². The summed E-state index contributed by atoms with van der Waals surface area (Å²) in [6, 6.07) is 16.5. The molecular formula is C20H24O2. The first-order chi connectivity index (χ1) is 10.8. The average Bonchev–Trinajstić information content (AvgIpc) is 2.59. The monoisotopic (exact) mass is 296 g/mol. The molecule has 0 aliphatic heterocycles. The van der Waals surface area contributed by atoms with E-state index in [1.807, 2.05) is 24.3 Å². The third-order valence-electron chi connectivity index (χ3n) is 3.67. The molecule has 0 atom stereocenters. The molecule has 2 heteroatoms. The Bertz CT molecular complexity index is 568. The van der Waals surface area contributed by atoms with Crippen molar-refractivity contribution in [3.05, 3.63) is 65.7 Å². The minimum Gasteiger partial charge on any atom is -0.497 e. The van der Waals surface area contributed by atoms with Crippen LogP contribution in [-0.2, 0) is 6.42 Å². The number of unbranched alkanes of at least 4 members (excludes halogenated alkanes) is 2. The second kappa shape index (κ2) is 8.93. The molecule has 0 bridgehead atoms. The van der Waals surface area contributed by atoms with E-state index < -0.39 is 0 Å². The second-order valence-electron chi connectivity index (χ2n) is 5.27. The van der Waals surface area contributed by atoms with Gasteiger partial charge in [-0.15, -0.1) is 0 Å². The first-order valence-corrected chi connectivity index (χ1v) is 7.75. The molecule has 2 aromatic carbocycles. The predicted molar refractivity (Wildman–Crippen MR) is 92.6 cm³/mol. The molecule has 0 unspecified atom stereocenters. The van der Waals surface area contributed by atoms with Crippen LogP contribution in [-0.4, -0.2) is 14.2 Å². The first-order valence-electron chi connectivity index (χ1n) is 7.75. The topological polar surface area (TPSA) is 18.5 Å². The maximum atomic E-state index is 5.17. The Kier molecular flexibility index (Phi) is 6.56. The number of hydrogen-bond donors (Lipinski definition) is 0. The van der Waals surface area contributed by atoms with Gasteiger partial charge in [0.1, 0.15) is 11.5 Å². The molecule has 0 saturated heterocycles. The van der Waals surface area contributed by atoms with Crippen molar-refractivity contribution in [2.45, 2.75) is 25.7 Å². The maximum Gasteiger partial charge on any atom is 0.118 e. The van der Waals surface area contributed by atoms with Crippen molar-refractivity contribution < 1.29 is 9.47 Å². The number of rotatable bonds is 8. The molecular weight excluding hydrogens is 272 g/mol. The molecule has 0 aliphatic carbocycles. The number of ether oxygens (including phenoxy) is 2. The van der Waals surface area contributed by atoms with Crippen LogP contribution in [0.2, 0.25) is 0 Å². The molecule has 0 N–H and O–H groups in total. The molecule has 0 heterocycles. The Morgan fingerprint density at radius 2 is 1.36 bits per heavy atom. The van der Waals surface area contributed by atoms with E-state index in [0.717, 1.165) is 24.3 Å². The van der Waals surface area contributed by atoms with Gasteiger partial charge in [-0.05, 0) is 61.1 Å². The Labute approximate surface area is 133 Å².